The van der Waals surface area contributed by atoms with E-state index in [9.17, 15) is 14.0 Å². The monoisotopic (exact) mass is 286 g/mol. The summed E-state index contributed by atoms with van der Waals surface area (Å²) in [4.78, 5) is 26.1. The first kappa shape index (κ1) is 14.4. The summed E-state index contributed by atoms with van der Waals surface area (Å²) in [6, 6.07) is 8.86. The maximum absolute atomic E-state index is 13.7. The van der Waals surface area contributed by atoms with Crippen LogP contribution >= 0.6 is 0 Å². The summed E-state index contributed by atoms with van der Waals surface area (Å²) in [6.45, 7) is 0. The number of carbonyl (C=O) groups excluding carboxylic acids is 1. The predicted octanol–water partition coefficient (Wildman–Crippen LogP) is 2.57. The zero-order valence-electron chi connectivity index (χ0n) is 10.8. The number of benzene rings is 1. The molecule has 0 atom stereocenters. The molecule has 0 aliphatic heterocycles. The van der Waals surface area contributed by atoms with Crippen molar-refractivity contribution in [2.45, 2.75) is 0 Å². The molecule has 2 aromatic rings. The van der Waals surface area contributed by atoms with Gasteiger partial charge in [0.15, 0.2) is 0 Å². The minimum Gasteiger partial charge on any atom is -0.478 e. The number of hydrogen-bond acceptors (Lipinski definition) is 3. The summed E-state index contributed by atoms with van der Waals surface area (Å²) >= 11 is 0. The molecule has 0 saturated carbocycles. The van der Waals surface area contributed by atoms with E-state index < -0.39 is 17.7 Å². The fourth-order valence-electron chi connectivity index (χ4n) is 1.59. The summed E-state index contributed by atoms with van der Waals surface area (Å²) in [5, 5.41) is 11.0. The van der Waals surface area contributed by atoms with Gasteiger partial charge >= 0.3 is 5.97 Å². The van der Waals surface area contributed by atoms with E-state index in [1.54, 1.807) is 12.1 Å². The number of halogens is 1. The zero-order valence-corrected chi connectivity index (χ0v) is 10.8. The van der Waals surface area contributed by atoms with E-state index in [0.29, 0.717) is 0 Å². The van der Waals surface area contributed by atoms with E-state index >= 15 is 0 Å². The molecule has 1 heterocycles. The molecule has 0 aliphatic carbocycles. The molecule has 0 spiro atoms. The van der Waals surface area contributed by atoms with Crippen LogP contribution in [0, 0.1) is 5.82 Å². The Bertz CT molecular complexity index is 699. The third kappa shape index (κ3) is 3.97. The van der Waals surface area contributed by atoms with Gasteiger partial charge < -0.3 is 10.4 Å². The van der Waals surface area contributed by atoms with Crippen LogP contribution in [0.2, 0.25) is 0 Å². The Morgan fingerprint density at radius 3 is 2.67 bits per heavy atom. The van der Waals surface area contributed by atoms with Gasteiger partial charge in [0.05, 0.1) is 0 Å². The van der Waals surface area contributed by atoms with E-state index in [1.165, 1.54) is 24.4 Å². The van der Waals surface area contributed by atoms with Crippen LogP contribution in [-0.2, 0) is 4.79 Å². The third-order valence-electron chi connectivity index (χ3n) is 2.56. The molecular weight excluding hydrogens is 275 g/mol. The maximum atomic E-state index is 13.7. The van der Waals surface area contributed by atoms with Crippen molar-refractivity contribution in [3.63, 3.8) is 0 Å². The molecule has 0 fully saturated rings. The number of nitrogens with zero attached hydrogens (tertiary/aromatic N) is 1. The number of aromatic nitrogens is 1. The molecule has 0 unspecified atom stereocenters. The van der Waals surface area contributed by atoms with Crippen molar-refractivity contribution in [2.75, 3.05) is 5.32 Å². The van der Waals surface area contributed by atoms with E-state index in [4.69, 9.17) is 5.11 Å². The number of aliphatic carboxylic acids is 1. The molecule has 2 N–H and O–H groups in total. The summed E-state index contributed by atoms with van der Waals surface area (Å²) in [6.07, 6.45) is 3.46. The van der Waals surface area contributed by atoms with Crippen molar-refractivity contribution in [1.29, 1.82) is 0 Å². The second-order valence-electron chi connectivity index (χ2n) is 4.08. The number of rotatable bonds is 4. The molecule has 5 nitrogen and oxygen atoms in total. The van der Waals surface area contributed by atoms with Crippen LogP contribution in [0.3, 0.4) is 0 Å². The Morgan fingerprint density at radius 2 is 2.05 bits per heavy atom. The van der Waals surface area contributed by atoms with Gasteiger partial charge in [0.1, 0.15) is 11.5 Å². The molecule has 6 heteroatoms. The Balaban J connectivity index is 2.14. The topological polar surface area (TPSA) is 79.3 Å². The number of nitrogens with one attached hydrogen (secondary N) is 1. The van der Waals surface area contributed by atoms with Crippen molar-refractivity contribution in [1.82, 2.24) is 4.98 Å². The SMILES string of the molecule is O=C(O)C=Cc1ccc(NC(=O)c2ccccn2)cc1F. The van der Waals surface area contributed by atoms with Gasteiger partial charge in [-0.2, -0.15) is 0 Å². The first-order valence-corrected chi connectivity index (χ1v) is 5.99. The van der Waals surface area contributed by atoms with E-state index in [0.717, 1.165) is 18.2 Å². The fourth-order valence-corrected chi connectivity index (χ4v) is 1.59. The third-order valence-corrected chi connectivity index (χ3v) is 2.56. The van der Waals surface area contributed by atoms with Gasteiger partial charge in [-0.3, -0.25) is 9.78 Å². The van der Waals surface area contributed by atoms with Crippen LogP contribution in [0.1, 0.15) is 16.1 Å². The Labute approximate surface area is 119 Å². The van der Waals surface area contributed by atoms with Crippen LogP contribution in [0.5, 0.6) is 0 Å². The molecular formula is C15H11FN2O3. The lowest BCUT2D eigenvalue weighted by Crippen LogP contribution is -2.13. The molecule has 0 bridgehead atoms. The van der Waals surface area contributed by atoms with Crippen LogP contribution < -0.4 is 5.32 Å². The van der Waals surface area contributed by atoms with Gasteiger partial charge in [0.2, 0.25) is 0 Å². The number of hydrogen-bond donors (Lipinski definition) is 2. The molecule has 1 aromatic heterocycles. The average molecular weight is 286 g/mol. The summed E-state index contributed by atoms with van der Waals surface area (Å²) in [5.41, 5.74) is 0.594. The second kappa shape index (κ2) is 6.42. The Kier molecular flexibility index (Phi) is 4.40. The lowest BCUT2D eigenvalue weighted by atomic mass is 10.1. The van der Waals surface area contributed by atoms with Crippen molar-refractivity contribution >= 4 is 23.6 Å². The number of carboxylic acids is 1. The van der Waals surface area contributed by atoms with E-state index in [2.05, 4.69) is 10.3 Å². The van der Waals surface area contributed by atoms with Crippen molar-refractivity contribution < 1.29 is 19.1 Å². The fraction of sp³-hybridized carbons (Fsp3) is 0. The van der Waals surface area contributed by atoms with Gasteiger partial charge in [0.25, 0.3) is 5.91 Å². The minimum absolute atomic E-state index is 0.119. The highest BCUT2D eigenvalue weighted by Crippen LogP contribution is 2.16. The molecule has 0 aliphatic rings. The predicted molar refractivity (Wildman–Crippen MR) is 75.3 cm³/mol. The van der Waals surface area contributed by atoms with Crippen LogP contribution in [0.15, 0.2) is 48.7 Å². The smallest absolute Gasteiger partial charge is 0.328 e. The number of carboxylic acid groups (broad SMARTS) is 1. The number of pyridine rings is 1. The summed E-state index contributed by atoms with van der Waals surface area (Å²) in [7, 11) is 0. The van der Waals surface area contributed by atoms with E-state index in [-0.39, 0.29) is 16.9 Å². The van der Waals surface area contributed by atoms with Crippen LogP contribution in [0.4, 0.5) is 10.1 Å². The van der Waals surface area contributed by atoms with Crippen molar-refractivity contribution in [3.05, 3.63) is 65.7 Å². The lowest BCUT2D eigenvalue weighted by Gasteiger charge is -2.06. The first-order chi connectivity index (χ1) is 10.1. The highest BCUT2D eigenvalue weighted by molar-refractivity contribution is 6.02. The van der Waals surface area contributed by atoms with Gasteiger partial charge in [0, 0.05) is 23.5 Å². The first-order valence-electron chi connectivity index (χ1n) is 5.99. The maximum Gasteiger partial charge on any atom is 0.328 e. The summed E-state index contributed by atoms with van der Waals surface area (Å²) < 4.78 is 13.7. The molecule has 2 rings (SSSR count). The molecule has 1 amide bonds. The largest absolute Gasteiger partial charge is 0.478 e. The Morgan fingerprint density at radius 1 is 1.24 bits per heavy atom. The number of anilines is 1. The lowest BCUT2D eigenvalue weighted by molar-refractivity contribution is -0.131. The Hall–Kier alpha value is -3.02. The van der Waals surface area contributed by atoms with Gasteiger partial charge in [-0.05, 0) is 36.4 Å². The normalized spacial score (nSPS) is 10.5. The summed E-state index contributed by atoms with van der Waals surface area (Å²) in [5.74, 6) is -2.25. The highest BCUT2D eigenvalue weighted by Gasteiger charge is 2.08. The van der Waals surface area contributed by atoms with E-state index in [1.807, 2.05) is 0 Å². The molecule has 21 heavy (non-hydrogen) atoms. The van der Waals surface area contributed by atoms with Gasteiger partial charge in [-0.15, -0.1) is 0 Å². The van der Waals surface area contributed by atoms with Gasteiger partial charge in [-0.1, -0.05) is 6.07 Å². The second-order valence-corrected chi connectivity index (χ2v) is 4.08. The zero-order chi connectivity index (χ0) is 15.2. The number of carbonyl (C=O) groups is 2. The molecule has 0 saturated heterocycles. The van der Waals surface area contributed by atoms with Crippen molar-refractivity contribution in [3.8, 4) is 0 Å². The molecule has 1 aromatic carbocycles. The average Bonchev–Trinajstić information content (AvgIpc) is 2.47. The van der Waals surface area contributed by atoms with Gasteiger partial charge in [-0.25, -0.2) is 9.18 Å². The highest BCUT2D eigenvalue weighted by atomic mass is 19.1. The standard InChI is InChI=1S/C15H11FN2O3/c16-12-9-11(6-4-10(12)5-7-14(19)20)18-15(21)13-3-1-2-8-17-13/h1-9H,(H,18,21)(H,19,20). The number of amides is 1. The quantitative estimate of drug-likeness (QED) is 0.847. The molecule has 106 valence electrons. The molecule has 0 radical (unpaired) electrons. The van der Waals surface area contributed by atoms with Crippen LogP contribution in [-0.4, -0.2) is 22.0 Å². The van der Waals surface area contributed by atoms with Crippen molar-refractivity contribution in [2.24, 2.45) is 0 Å². The minimum atomic E-state index is -1.16. The van der Waals surface area contributed by atoms with Crippen LogP contribution in [0.25, 0.3) is 6.08 Å².